The molecule has 6 aromatic rings. The SMILES string of the molecule is CCc1c2c(nc3ccc(O)cc13)-c1cc3c(c(=O)n1C2)COC(=O)[C@@]3(CC)OC(=O)N(C)CCN(C)C(=O)OCc1ccc(NC(=O)[C@H](C)CC(=O)[C@@H](NC(=O)CCOCCOCCNC(=O)[C@@H](CC(=O)CCn2c(CN(C)CC)cc3cccnc32)CS(=O)(=O)O)C(C)C)cc1. The molecule has 0 radical (unpaired) electrons. The van der Waals surface area contributed by atoms with Crippen molar-refractivity contribution in [2.75, 3.05) is 84.8 Å². The zero-order valence-corrected chi connectivity index (χ0v) is 57.7. The molecule has 0 spiro atoms. The highest BCUT2D eigenvalue weighted by atomic mass is 32.2. The van der Waals surface area contributed by atoms with Gasteiger partial charge in [-0.3, -0.25) is 33.3 Å². The molecule has 5 amide bonds. The quantitative estimate of drug-likeness (QED) is 0.0127. The van der Waals surface area contributed by atoms with Crippen LogP contribution in [-0.4, -0.2) is 185 Å². The molecule has 0 unspecified atom stereocenters. The van der Waals surface area contributed by atoms with Gasteiger partial charge >= 0.3 is 18.2 Å². The van der Waals surface area contributed by atoms with E-state index in [1.165, 1.54) is 30.0 Å². The minimum Gasteiger partial charge on any atom is -0.508 e. The number of benzene rings is 2. The van der Waals surface area contributed by atoms with E-state index in [0.717, 1.165) is 34.1 Å². The van der Waals surface area contributed by atoms with Crippen molar-refractivity contribution in [3.63, 3.8) is 0 Å². The van der Waals surface area contributed by atoms with Gasteiger partial charge in [0.1, 0.15) is 30.4 Å². The second kappa shape index (κ2) is 33.4. The fourth-order valence-corrected chi connectivity index (χ4v) is 12.7. The van der Waals surface area contributed by atoms with Gasteiger partial charge in [0.05, 0.1) is 73.2 Å². The molecule has 4 atom stereocenters. The van der Waals surface area contributed by atoms with Crippen LogP contribution in [0.1, 0.15) is 107 Å². The predicted molar refractivity (Wildman–Crippen MR) is 361 cm³/mol. The van der Waals surface area contributed by atoms with Gasteiger partial charge in [0.25, 0.3) is 15.7 Å². The second-order valence-electron chi connectivity index (χ2n) is 25.1. The summed E-state index contributed by atoms with van der Waals surface area (Å²) in [5.41, 5.74) is 4.05. The molecule has 98 heavy (non-hydrogen) atoms. The molecule has 8 rings (SSSR count). The highest BCUT2D eigenvalue weighted by Gasteiger charge is 2.51. The fourth-order valence-electron chi connectivity index (χ4n) is 11.9. The van der Waals surface area contributed by atoms with E-state index in [-0.39, 0.29) is 132 Å². The summed E-state index contributed by atoms with van der Waals surface area (Å²) in [6, 6.07) is 18.0. The van der Waals surface area contributed by atoms with E-state index in [1.807, 2.05) is 43.7 Å². The van der Waals surface area contributed by atoms with Crippen LogP contribution < -0.4 is 21.5 Å². The molecular formula is C69H88N10O18S. The smallest absolute Gasteiger partial charge is 0.411 e. The maximum atomic E-state index is 14.2. The van der Waals surface area contributed by atoms with Gasteiger partial charge in [0.2, 0.25) is 23.3 Å². The first-order valence-electron chi connectivity index (χ1n) is 32.8. The highest BCUT2D eigenvalue weighted by Crippen LogP contribution is 2.43. The first-order valence-corrected chi connectivity index (χ1v) is 34.4. The molecule has 29 heteroatoms. The number of amides is 5. The molecule has 0 saturated heterocycles. The molecule has 6 heterocycles. The van der Waals surface area contributed by atoms with Gasteiger partial charge in [-0.05, 0) is 98.1 Å². The van der Waals surface area contributed by atoms with E-state index in [2.05, 4.69) is 25.8 Å². The van der Waals surface area contributed by atoms with Gasteiger partial charge in [0, 0.05) is 118 Å². The Hall–Kier alpha value is -9.16. The summed E-state index contributed by atoms with van der Waals surface area (Å²) in [4.78, 5) is 135. The first-order chi connectivity index (χ1) is 46.6. The first kappa shape index (κ1) is 74.6. The Balaban J connectivity index is 0.707. The number of hydrogen-bond donors (Lipinski definition) is 5. The molecule has 5 N–H and O–H groups in total. The van der Waals surface area contributed by atoms with Gasteiger partial charge in [-0.2, -0.15) is 8.42 Å². The molecule has 28 nitrogen and oxygen atoms in total. The molecule has 2 aliphatic heterocycles. The van der Waals surface area contributed by atoms with Crippen LogP contribution >= 0.6 is 0 Å². The summed E-state index contributed by atoms with van der Waals surface area (Å²) < 4.78 is 64.9. The van der Waals surface area contributed by atoms with Gasteiger partial charge in [0.15, 0.2) is 5.78 Å². The zero-order chi connectivity index (χ0) is 71.2. The number of carbonyl (C=O) groups excluding carboxylic acids is 8. The highest BCUT2D eigenvalue weighted by molar-refractivity contribution is 7.85. The molecular weight excluding hydrogens is 1290 g/mol. The number of nitrogens with zero attached hydrogens (tertiary/aromatic N) is 7. The van der Waals surface area contributed by atoms with Crippen LogP contribution in [0, 0.1) is 17.8 Å². The molecule has 2 aromatic carbocycles. The standard InChI is InChI=1S/C69H88N10O18S/c1-10-51-52-35-49(80)19-20-56(52)73-61-53(51)38-79-57(61)36-55-54(65(79)86)40-95-66(87)69(55,11-2)97-68(89)77(9)27-26-76(8)67(88)96-39-44-15-17-47(18-16-44)72-63(84)43(6)32-58(82)60(42(4)5)74-59(83)22-28-93-30-31-94-29-24-71-64(85)46(41-98(90,91)92)34-50(81)21-25-78-48(37-75(7)12-3)33-45-14-13-23-70-62(45)78/h13-20,23,33,35-36,42-43,46,60,80H,10-12,21-22,24-32,34,37-41H2,1-9H3,(H,71,85)(H,72,84)(H,74,83)(H,90,91,92)/t43-,46+,60+,69+/m1/s1. The van der Waals surface area contributed by atoms with E-state index in [9.17, 15) is 61.2 Å². The third-order valence-electron chi connectivity index (χ3n) is 17.6. The summed E-state index contributed by atoms with van der Waals surface area (Å²) in [5.74, 6) is -6.42. The van der Waals surface area contributed by atoms with Crippen molar-refractivity contribution in [3.05, 3.63) is 117 Å². The number of nitrogens with one attached hydrogen (secondary N) is 3. The summed E-state index contributed by atoms with van der Waals surface area (Å²) in [6.45, 7) is 12.3. The number of aromatic hydroxyl groups is 1. The predicted octanol–water partition coefficient (Wildman–Crippen LogP) is 6.26. The number of pyridine rings is 3. The van der Waals surface area contributed by atoms with E-state index in [4.69, 9.17) is 28.7 Å². The van der Waals surface area contributed by atoms with Crippen molar-refractivity contribution in [2.24, 2.45) is 17.8 Å². The number of fused-ring (bicyclic) bond motifs is 6. The maximum Gasteiger partial charge on any atom is 0.411 e. The molecule has 2 aliphatic rings. The molecule has 0 aliphatic carbocycles. The van der Waals surface area contributed by atoms with Crippen molar-refractivity contribution in [1.29, 1.82) is 0 Å². The summed E-state index contributed by atoms with van der Waals surface area (Å²) >= 11 is 0. The number of anilines is 1. The van der Waals surface area contributed by atoms with Crippen molar-refractivity contribution in [3.8, 4) is 17.1 Å². The summed E-state index contributed by atoms with van der Waals surface area (Å²) in [6.07, 6.45) is -0.0565. The van der Waals surface area contributed by atoms with Gasteiger partial charge < -0.3 is 68.6 Å². The number of esters is 1. The van der Waals surface area contributed by atoms with Crippen molar-refractivity contribution in [1.82, 2.24) is 44.4 Å². The van der Waals surface area contributed by atoms with Crippen LogP contribution in [0.4, 0.5) is 15.3 Å². The topological polar surface area (TPSA) is 356 Å². The lowest BCUT2D eigenvalue weighted by atomic mass is 9.85. The molecule has 0 bridgehead atoms. The van der Waals surface area contributed by atoms with E-state index >= 15 is 0 Å². The van der Waals surface area contributed by atoms with E-state index in [0.29, 0.717) is 46.8 Å². The van der Waals surface area contributed by atoms with Crippen LogP contribution in [0.2, 0.25) is 0 Å². The molecule has 0 saturated carbocycles. The molecule has 4 aromatic heterocycles. The Morgan fingerprint density at radius 3 is 2.23 bits per heavy atom. The van der Waals surface area contributed by atoms with Crippen LogP contribution in [0.5, 0.6) is 5.75 Å². The van der Waals surface area contributed by atoms with E-state index in [1.54, 1.807) is 80.9 Å². The summed E-state index contributed by atoms with van der Waals surface area (Å²) in [7, 11) is 0.291. The summed E-state index contributed by atoms with van der Waals surface area (Å²) in [5, 5.41) is 20.0. The lowest BCUT2D eigenvalue weighted by molar-refractivity contribution is -0.173. The zero-order valence-electron chi connectivity index (χ0n) is 56.8. The maximum absolute atomic E-state index is 14.2. The Morgan fingerprint density at radius 2 is 1.55 bits per heavy atom. The largest absolute Gasteiger partial charge is 0.508 e. The number of aromatic nitrogens is 4. The number of hydrogen-bond acceptors (Lipinski definition) is 20. The second-order valence-corrected chi connectivity index (χ2v) is 26.6. The van der Waals surface area contributed by atoms with Crippen LogP contribution in [-0.2, 0) is 107 Å². The van der Waals surface area contributed by atoms with Crippen molar-refractivity contribution >= 4 is 85.2 Å². The van der Waals surface area contributed by atoms with Crippen LogP contribution in [0.25, 0.3) is 33.3 Å². The lowest BCUT2D eigenvalue weighted by Crippen LogP contribution is -2.49. The fraction of sp³-hybridized carbons (Fsp3) is 0.493. The number of Topliss-reactive ketones (excluding diaryl/α,β-unsaturated/α-hetero) is 2. The minimum absolute atomic E-state index is 0.00155. The van der Waals surface area contributed by atoms with E-state index < -0.39 is 87.2 Å². The average molecular weight is 1380 g/mol. The Morgan fingerprint density at radius 1 is 0.837 bits per heavy atom. The Bertz CT molecular complexity index is 4120. The van der Waals surface area contributed by atoms with Gasteiger partial charge in [-0.25, -0.2) is 24.4 Å². The number of cyclic esters (lactones) is 1. The third-order valence-corrected chi connectivity index (χ3v) is 18.4. The van der Waals surface area contributed by atoms with Crippen molar-refractivity contribution < 1.29 is 80.1 Å². The monoisotopic (exact) mass is 1380 g/mol. The third kappa shape index (κ3) is 18.5. The lowest BCUT2D eigenvalue weighted by Gasteiger charge is -2.36. The number of rotatable bonds is 35. The number of phenols is 1. The number of ketones is 2. The minimum atomic E-state index is -4.61. The average Bonchev–Trinajstić information content (AvgIpc) is 1.46. The Labute approximate surface area is 568 Å². The normalized spacial score (nSPS) is 15.0. The number of phenolic OH excluding ortho intramolecular Hbond substituents is 1. The van der Waals surface area contributed by atoms with Crippen molar-refractivity contribution in [2.45, 2.75) is 125 Å². The Kier molecular flexibility index (Phi) is 25.4. The van der Waals surface area contributed by atoms with Crippen LogP contribution in [0.3, 0.4) is 0 Å². The number of ether oxygens (including phenoxy) is 5. The molecule has 0 fully saturated rings. The van der Waals surface area contributed by atoms with Crippen LogP contribution in [0.15, 0.2) is 77.7 Å². The number of aryl methyl sites for hydroxylation is 2. The van der Waals surface area contributed by atoms with Gasteiger partial charge in [-0.1, -0.05) is 53.7 Å². The molecule has 528 valence electrons. The number of carbonyl (C=O) groups is 8. The van der Waals surface area contributed by atoms with Gasteiger partial charge in [-0.15, -0.1) is 0 Å². The number of likely N-dealkylation sites (N-methyl/N-ethyl adjacent to an activating group) is 2.